The van der Waals surface area contributed by atoms with Gasteiger partial charge in [0.15, 0.2) is 0 Å². The third-order valence-electron chi connectivity index (χ3n) is 4.23. The highest BCUT2D eigenvalue weighted by Crippen LogP contribution is 2.17. The lowest BCUT2D eigenvalue weighted by Crippen LogP contribution is -2.43. The maximum absolute atomic E-state index is 3.66. The molecule has 3 unspecified atom stereocenters. The predicted molar refractivity (Wildman–Crippen MR) is 82.6 cm³/mol. The molecule has 1 heterocycles. The van der Waals surface area contributed by atoms with E-state index < -0.39 is 0 Å². The SMILES string of the molecule is CC1CCN(CC(C)c2ccccc2)CCC(C)N1. The normalized spacial score (nSPS) is 27.5. The minimum atomic E-state index is 0.624. The summed E-state index contributed by atoms with van der Waals surface area (Å²) in [5, 5.41) is 3.66. The van der Waals surface area contributed by atoms with E-state index in [4.69, 9.17) is 0 Å². The summed E-state index contributed by atoms with van der Waals surface area (Å²) < 4.78 is 0. The lowest BCUT2D eigenvalue weighted by molar-refractivity contribution is 0.210. The third-order valence-corrected chi connectivity index (χ3v) is 4.23. The van der Waals surface area contributed by atoms with Gasteiger partial charge in [-0.05, 0) is 51.3 Å². The van der Waals surface area contributed by atoms with Gasteiger partial charge in [-0.15, -0.1) is 0 Å². The second-order valence-corrected chi connectivity index (χ2v) is 6.16. The van der Waals surface area contributed by atoms with Crippen LogP contribution < -0.4 is 5.32 Å². The second kappa shape index (κ2) is 7.06. The van der Waals surface area contributed by atoms with Crippen LogP contribution in [0.4, 0.5) is 0 Å². The Labute approximate surface area is 118 Å². The van der Waals surface area contributed by atoms with E-state index in [1.54, 1.807) is 0 Å². The van der Waals surface area contributed by atoms with Gasteiger partial charge < -0.3 is 10.2 Å². The maximum atomic E-state index is 3.66. The Morgan fingerprint density at radius 3 is 2.26 bits per heavy atom. The van der Waals surface area contributed by atoms with Crippen molar-refractivity contribution in [3.8, 4) is 0 Å². The number of rotatable bonds is 3. The van der Waals surface area contributed by atoms with Crippen molar-refractivity contribution < 1.29 is 0 Å². The van der Waals surface area contributed by atoms with Crippen molar-refractivity contribution in [3.63, 3.8) is 0 Å². The average Bonchev–Trinajstić information content (AvgIpc) is 2.41. The van der Waals surface area contributed by atoms with Crippen molar-refractivity contribution in [1.82, 2.24) is 10.2 Å². The summed E-state index contributed by atoms with van der Waals surface area (Å²) >= 11 is 0. The largest absolute Gasteiger partial charge is 0.312 e. The highest BCUT2D eigenvalue weighted by molar-refractivity contribution is 5.19. The number of nitrogens with one attached hydrogen (secondary N) is 1. The Morgan fingerprint density at radius 2 is 1.68 bits per heavy atom. The summed E-state index contributed by atoms with van der Waals surface area (Å²) in [6, 6.07) is 12.2. The molecule has 1 fully saturated rings. The summed E-state index contributed by atoms with van der Waals surface area (Å²) in [6.07, 6.45) is 2.51. The predicted octanol–water partition coefficient (Wildman–Crippen LogP) is 3.25. The summed E-state index contributed by atoms with van der Waals surface area (Å²) in [4.78, 5) is 2.64. The van der Waals surface area contributed by atoms with Crippen LogP contribution in [0.1, 0.15) is 45.1 Å². The van der Waals surface area contributed by atoms with E-state index in [1.165, 1.54) is 38.0 Å². The Bertz CT molecular complexity index is 351. The molecule has 19 heavy (non-hydrogen) atoms. The molecule has 0 spiro atoms. The molecule has 1 aliphatic rings. The molecule has 0 amide bonds. The summed E-state index contributed by atoms with van der Waals surface area (Å²) in [5.74, 6) is 0.624. The van der Waals surface area contributed by atoms with Gasteiger partial charge in [0.25, 0.3) is 0 Å². The Balaban J connectivity index is 1.90. The highest BCUT2D eigenvalue weighted by Gasteiger charge is 2.17. The molecule has 2 rings (SSSR count). The molecule has 0 aromatic heterocycles. The molecule has 1 aromatic rings. The fourth-order valence-corrected chi connectivity index (χ4v) is 2.97. The molecule has 1 N–H and O–H groups in total. The fourth-order valence-electron chi connectivity index (χ4n) is 2.97. The molecule has 106 valence electrons. The quantitative estimate of drug-likeness (QED) is 0.897. The number of nitrogens with zero attached hydrogens (tertiary/aromatic N) is 1. The van der Waals surface area contributed by atoms with E-state index >= 15 is 0 Å². The first-order chi connectivity index (χ1) is 9.15. The number of hydrogen-bond acceptors (Lipinski definition) is 2. The van der Waals surface area contributed by atoms with Gasteiger partial charge in [-0.1, -0.05) is 37.3 Å². The summed E-state index contributed by atoms with van der Waals surface area (Å²) in [5.41, 5.74) is 1.46. The zero-order chi connectivity index (χ0) is 13.7. The van der Waals surface area contributed by atoms with Crippen LogP contribution >= 0.6 is 0 Å². The minimum absolute atomic E-state index is 0.624. The molecule has 2 heteroatoms. The lowest BCUT2D eigenvalue weighted by Gasteiger charge is -2.32. The van der Waals surface area contributed by atoms with Crippen LogP contribution in [-0.2, 0) is 0 Å². The molecule has 1 saturated heterocycles. The number of benzene rings is 1. The van der Waals surface area contributed by atoms with Gasteiger partial charge in [0, 0.05) is 18.6 Å². The third kappa shape index (κ3) is 4.63. The first-order valence-corrected chi connectivity index (χ1v) is 7.68. The van der Waals surface area contributed by atoms with Crippen LogP contribution in [0.15, 0.2) is 30.3 Å². The van der Waals surface area contributed by atoms with Crippen LogP contribution in [0.3, 0.4) is 0 Å². The van der Waals surface area contributed by atoms with Crippen molar-refractivity contribution in [2.24, 2.45) is 0 Å². The van der Waals surface area contributed by atoms with E-state index in [0.717, 1.165) is 0 Å². The van der Waals surface area contributed by atoms with E-state index in [2.05, 4.69) is 61.3 Å². The zero-order valence-corrected chi connectivity index (χ0v) is 12.6. The molecular weight excluding hydrogens is 232 g/mol. The van der Waals surface area contributed by atoms with Crippen LogP contribution in [0.2, 0.25) is 0 Å². The van der Waals surface area contributed by atoms with Gasteiger partial charge in [-0.25, -0.2) is 0 Å². The van der Waals surface area contributed by atoms with Crippen LogP contribution in [0, 0.1) is 0 Å². The van der Waals surface area contributed by atoms with Gasteiger partial charge in [0.2, 0.25) is 0 Å². The fraction of sp³-hybridized carbons (Fsp3) is 0.647. The topological polar surface area (TPSA) is 15.3 Å². The smallest absolute Gasteiger partial charge is 0.00533 e. The number of hydrogen-bond donors (Lipinski definition) is 1. The lowest BCUT2D eigenvalue weighted by atomic mass is 9.99. The van der Waals surface area contributed by atoms with Gasteiger partial charge >= 0.3 is 0 Å². The minimum Gasteiger partial charge on any atom is -0.312 e. The van der Waals surface area contributed by atoms with Gasteiger partial charge in [-0.2, -0.15) is 0 Å². The van der Waals surface area contributed by atoms with Gasteiger partial charge in [0.1, 0.15) is 0 Å². The first kappa shape index (κ1) is 14.5. The molecular formula is C17H28N2. The van der Waals surface area contributed by atoms with E-state index in [0.29, 0.717) is 18.0 Å². The molecule has 0 radical (unpaired) electrons. The van der Waals surface area contributed by atoms with Crippen LogP contribution in [0.25, 0.3) is 0 Å². The Kier molecular flexibility index (Phi) is 5.41. The van der Waals surface area contributed by atoms with Crippen molar-refractivity contribution in [2.45, 2.75) is 51.6 Å². The van der Waals surface area contributed by atoms with Crippen molar-refractivity contribution in [3.05, 3.63) is 35.9 Å². The summed E-state index contributed by atoms with van der Waals surface area (Å²) in [7, 11) is 0. The van der Waals surface area contributed by atoms with Crippen molar-refractivity contribution >= 4 is 0 Å². The standard InChI is InChI=1S/C17H28N2/c1-14(17-7-5-4-6-8-17)13-19-11-9-15(2)18-16(3)10-12-19/h4-8,14-16,18H,9-13H2,1-3H3. The van der Waals surface area contributed by atoms with Crippen molar-refractivity contribution in [2.75, 3.05) is 19.6 Å². The zero-order valence-electron chi connectivity index (χ0n) is 12.6. The molecule has 3 atom stereocenters. The maximum Gasteiger partial charge on any atom is 0.00533 e. The molecule has 0 aliphatic carbocycles. The van der Waals surface area contributed by atoms with E-state index in [-0.39, 0.29) is 0 Å². The molecule has 0 saturated carbocycles. The molecule has 1 aliphatic heterocycles. The van der Waals surface area contributed by atoms with Gasteiger partial charge in [-0.3, -0.25) is 0 Å². The molecule has 0 bridgehead atoms. The summed E-state index contributed by atoms with van der Waals surface area (Å²) in [6.45, 7) is 10.6. The molecule has 2 nitrogen and oxygen atoms in total. The van der Waals surface area contributed by atoms with Crippen molar-refractivity contribution in [1.29, 1.82) is 0 Å². The highest BCUT2D eigenvalue weighted by atomic mass is 15.1. The van der Waals surface area contributed by atoms with Crippen LogP contribution in [-0.4, -0.2) is 36.6 Å². The second-order valence-electron chi connectivity index (χ2n) is 6.16. The van der Waals surface area contributed by atoms with E-state index in [1.807, 2.05) is 0 Å². The average molecular weight is 260 g/mol. The van der Waals surface area contributed by atoms with Gasteiger partial charge in [0.05, 0.1) is 0 Å². The monoisotopic (exact) mass is 260 g/mol. The first-order valence-electron chi connectivity index (χ1n) is 7.68. The van der Waals surface area contributed by atoms with E-state index in [9.17, 15) is 0 Å². The van der Waals surface area contributed by atoms with Crippen LogP contribution in [0.5, 0.6) is 0 Å². The Morgan fingerprint density at radius 1 is 1.11 bits per heavy atom. The molecule has 1 aromatic carbocycles. The Hall–Kier alpha value is -0.860.